The van der Waals surface area contributed by atoms with Gasteiger partial charge in [0.05, 0.1) is 0 Å². The first-order valence-corrected chi connectivity index (χ1v) is 8.83. The summed E-state index contributed by atoms with van der Waals surface area (Å²) in [5, 5.41) is 2.89. The smallest absolute Gasteiger partial charge is 0.405 e. The third-order valence-corrected chi connectivity index (χ3v) is 4.97. The van der Waals surface area contributed by atoms with E-state index in [2.05, 4.69) is 25.9 Å². The molecule has 0 bridgehead atoms. The molecule has 1 heterocycles. The van der Waals surface area contributed by atoms with E-state index in [9.17, 15) is 4.57 Å². The van der Waals surface area contributed by atoms with Crippen molar-refractivity contribution in [3.63, 3.8) is 0 Å². The van der Waals surface area contributed by atoms with E-state index in [1.807, 2.05) is 36.4 Å². The maximum atomic E-state index is 12.9. The van der Waals surface area contributed by atoms with Crippen LogP contribution in [0.4, 0.5) is 0 Å². The van der Waals surface area contributed by atoms with Crippen LogP contribution in [0.2, 0.25) is 0 Å². The summed E-state index contributed by atoms with van der Waals surface area (Å²) in [5.74, 6) is 1.20. The van der Waals surface area contributed by atoms with E-state index in [0.29, 0.717) is 18.0 Å². The molecule has 0 radical (unpaired) electrons. The Balaban J connectivity index is 1.94. The largest absolute Gasteiger partial charge is 0.513 e. The Bertz CT molecular complexity index is 722. The van der Waals surface area contributed by atoms with Gasteiger partial charge < -0.3 is 9.05 Å². The van der Waals surface area contributed by atoms with E-state index in [4.69, 9.17) is 9.05 Å². The minimum atomic E-state index is -3.41. The molecule has 22 heavy (non-hydrogen) atoms. The Morgan fingerprint density at radius 3 is 2.50 bits per heavy atom. The second-order valence-corrected chi connectivity index (χ2v) is 8.05. The van der Waals surface area contributed by atoms with Crippen LogP contribution in [-0.2, 0) is 16.5 Å². The zero-order chi connectivity index (χ0) is 15.8. The summed E-state index contributed by atoms with van der Waals surface area (Å²) in [6, 6.07) is 15.1. The van der Waals surface area contributed by atoms with Crippen LogP contribution in [0, 0.1) is 0 Å². The molecule has 0 fully saturated rings. The molecule has 0 spiro atoms. The molecular weight excluding hydrogens is 297 g/mol. The molecule has 1 unspecified atom stereocenters. The molecule has 0 saturated heterocycles. The molecule has 1 aliphatic rings. The summed E-state index contributed by atoms with van der Waals surface area (Å²) < 4.78 is 24.3. The predicted octanol–water partition coefficient (Wildman–Crippen LogP) is 4.65. The number of nitrogens with one attached hydrogen (secondary N) is 1. The number of rotatable bonds is 2. The van der Waals surface area contributed by atoms with Gasteiger partial charge >= 0.3 is 7.75 Å². The Morgan fingerprint density at radius 2 is 1.82 bits per heavy atom. The van der Waals surface area contributed by atoms with Crippen molar-refractivity contribution in [2.45, 2.75) is 32.7 Å². The molecule has 3 rings (SSSR count). The van der Waals surface area contributed by atoms with Crippen LogP contribution in [0.5, 0.6) is 11.5 Å². The fraction of sp³-hybridized carbons (Fsp3) is 0.294. The van der Waals surface area contributed by atoms with Crippen molar-refractivity contribution in [3.05, 3.63) is 59.7 Å². The van der Waals surface area contributed by atoms with Crippen molar-refractivity contribution in [1.82, 2.24) is 5.09 Å². The van der Waals surface area contributed by atoms with E-state index < -0.39 is 7.75 Å². The molecule has 4 nitrogen and oxygen atoms in total. The van der Waals surface area contributed by atoms with Crippen LogP contribution < -0.4 is 14.1 Å². The third-order valence-electron chi connectivity index (χ3n) is 3.55. The Hall–Kier alpha value is -1.77. The third kappa shape index (κ3) is 3.03. The highest BCUT2D eigenvalue weighted by molar-refractivity contribution is 7.52. The van der Waals surface area contributed by atoms with Gasteiger partial charge in [-0.15, -0.1) is 0 Å². The van der Waals surface area contributed by atoms with E-state index in [1.165, 1.54) is 0 Å². The van der Waals surface area contributed by atoms with Crippen molar-refractivity contribution >= 4 is 7.75 Å². The van der Waals surface area contributed by atoms with Gasteiger partial charge in [-0.05, 0) is 17.5 Å². The normalized spacial score (nSPS) is 20.9. The summed E-state index contributed by atoms with van der Waals surface area (Å²) in [5.41, 5.74) is 1.93. The first-order valence-electron chi connectivity index (χ1n) is 7.29. The summed E-state index contributed by atoms with van der Waals surface area (Å²) in [6.45, 7) is 6.79. The van der Waals surface area contributed by atoms with Crippen LogP contribution >= 0.6 is 7.75 Å². The summed E-state index contributed by atoms with van der Waals surface area (Å²) in [4.78, 5) is 0. The van der Waals surface area contributed by atoms with Crippen molar-refractivity contribution in [2.75, 3.05) is 0 Å². The molecule has 116 valence electrons. The number of hydrogen-bond acceptors (Lipinski definition) is 3. The molecule has 0 aliphatic carbocycles. The van der Waals surface area contributed by atoms with Crippen LogP contribution in [0.25, 0.3) is 0 Å². The highest BCUT2D eigenvalue weighted by atomic mass is 31.2. The highest BCUT2D eigenvalue weighted by Crippen LogP contribution is 2.51. The molecule has 0 amide bonds. The van der Waals surface area contributed by atoms with Crippen LogP contribution in [-0.4, -0.2) is 0 Å². The van der Waals surface area contributed by atoms with Crippen LogP contribution in [0.15, 0.2) is 48.5 Å². The van der Waals surface area contributed by atoms with Gasteiger partial charge in [-0.2, -0.15) is 5.09 Å². The maximum absolute atomic E-state index is 12.9. The Labute approximate surface area is 131 Å². The molecule has 1 aliphatic heterocycles. The Kier molecular flexibility index (Phi) is 3.75. The molecule has 5 heteroatoms. The average molecular weight is 317 g/mol. The van der Waals surface area contributed by atoms with Gasteiger partial charge in [0.15, 0.2) is 0 Å². The SMILES string of the molecule is CC(C)(C)c1cccc2c1OP(=O)(Oc1ccccc1)NC2. The predicted molar refractivity (Wildman–Crippen MR) is 87.3 cm³/mol. The molecule has 2 aromatic carbocycles. The maximum Gasteiger partial charge on any atom is 0.513 e. The average Bonchev–Trinajstić information content (AvgIpc) is 2.46. The van der Waals surface area contributed by atoms with E-state index in [-0.39, 0.29) is 5.41 Å². The number of fused-ring (bicyclic) bond motifs is 1. The van der Waals surface area contributed by atoms with E-state index >= 15 is 0 Å². The lowest BCUT2D eigenvalue weighted by Crippen LogP contribution is -2.26. The minimum Gasteiger partial charge on any atom is -0.405 e. The quantitative estimate of drug-likeness (QED) is 0.819. The monoisotopic (exact) mass is 317 g/mol. The van der Waals surface area contributed by atoms with Crippen LogP contribution in [0.3, 0.4) is 0 Å². The standard InChI is InChI=1S/C17H20NO3P/c1-17(2,3)15-11-7-8-13-12-18-22(19,21-16(13)15)20-14-9-5-4-6-10-14/h4-11H,12H2,1-3H3,(H,18,19). The van der Waals surface area contributed by atoms with Crippen LogP contribution in [0.1, 0.15) is 31.9 Å². The number of benzene rings is 2. The van der Waals surface area contributed by atoms with Gasteiger partial charge in [-0.1, -0.05) is 57.2 Å². The number of hydrogen-bond donors (Lipinski definition) is 1. The van der Waals surface area contributed by atoms with E-state index in [1.54, 1.807) is 12.1 Å². The zero-order valence-corrected chi connectivity index (χ0v) is 13.9. The van der Waals surface area contributed by atoms with Crippen molar-refractivity contribution in [1.29, 1.82) is 0 Å². The van der Waals surface area contributed by atoms with Gasteiger partial charge in [0.1, 0.15) is 11.5 Å². The molecule has 1 atom stereocenters. The summed E-state index contributed by atoms with van der Waals surface area (Å²) in [6.07, 6.45) is 0. The van der Waals surface area contributed by atoms with Gasteiger partial charge in [0.25, 0.3) is 0 Å². The molecule has 0 saturated carbocycles. The van der Waals surface area contributed by atoms with Gasteiger partial charge in [0, 0.05) is 17.7 Å². The lowest BCUT2D eigenvalue weighted by molar-refractivity contribution is 0.352. The second-order valence-electron chi connectivity index (χ2n) is 6.37. The zero-order valence-electron chi connectivity index (χ0n) is 13.0. The van der Waals surface area contributed by atoms with Gasteiger partial charge in [0.2, 0.25) is 0 Å². The van der Waals surface area contributed by atoms with E-state index in [0.717, 1.165) is 11.1 Å². The molecular formula is C17H20NO3P. The van der Waals surface area contributed by atoms with Crippen molar-refractivity contribution in [3.8, 4) is 11.5 Å². The molecule has 0 aromatic heterocycles. The second kappa shape index (κ2) is 5.45. The fourth-order valence-corrected chi connectivity index (χ4v) is 3.81. The van der Waals surface area contributed by atoms with Crippen molar-refractivity contribution in [2.24, 2.45) is 0 Å². The lowest BCUT2D eigenvalue weighted by Gasteiger charge is -2.31. The first-order chi connectivity index (χ1) is 10.4. The van der Waals surface area contributed by atoms with Crippen molar-refractivity contribution < 1.29 is 13.6 Å². The summed E-state index contributed by atoms with van der Waals surface area (Å²) in [7, 11) is -3.41. The number of para-hydroxylation sites is 2. The fourth-order valence-electron chi connectivity index (χ4n) is 2.43. The first kappa shape index (κ1) is 15.1. The topological polar surface area (TPSA) is 47.6 Å². The van der Waals surface area contributed by atoms with Gasteiger partial charge in [-0.3, -0.25) is 0 Å². The molecule has 1 N–H and O–H groups in total. The lowest BCUT2D eigenvalue weighted by atomic mass is 9.85. The Morgan fingerprint density at radius 1 is 1.09 bits per heavy atom. The highest BCUT2D eigenvalue weighted by Gasteiger charge is 2.36. The summed E-state index contributed by atoms with van der Waals surface area (Å²) >= 11 is 0. The minimum absolute atomic E-state index is 0.0970. The molecule has 2 aromatic rings. The van der Waals surface area contributed by atoms with Gasteiger partial charge in [-0.25, -0.2) is 4.57 Å².